The molecule has 0 atom stereocenters. The largest absolute Gasteiger partial charge is 0.355 e. The van der Waals surface area contributed by atoms with Gasteiger partial charge in [-0.15, -0.1) is 0 Å². The van der Waals surface area contributed by atoms with E-state index in [2.05, 4.69) is 5.32 Å². The highest BCUT2D eigenvalue weighted by molar-refractivity contribution is 5.96. The van der Waals surface area contributed by atoms with Gasteiger partial charge in [-0.2, -0.15) is 0 Å². The molecule has 19 heavy (non-hydrogen) atoms. The van der Waals surface area contributed by atoms with Gasteiger partial charge in [0.05, 0.1) is 12.1 Å². The van der Waals surface area contributed by atoms with Crippen molar-refractivity contribution in [3.05, 3.63) is 35.4 Å². The van der Waals surface area contributed by atoms with Gasteiger partial charge in [0.1, 0.15) is 11.6 Å². The van der Waals surface area contributed by atoms with Crippen molar-refractivity contribution < 1.29 is 18.4 Å². The van der Waals surface area contributed by atoms with Crippen LogP contribution in [-0.4, -0.2) is 36.3 Å². The molecule has 0 aliphatic carbocycles. The van der Waals surface area contributed by atoms with Gasteiger partial charge in [0, 0.05) is 13.1 Å². The molecule has 0 saturated heterocycles. The van der Waals surface area contributed by atoms with Crippen LogP contribution in [0.2, 0.25) is 0 Å². The summed E-state index contributed by atoms with van der Waals surface area (Å²) in [7, 11) is 0. The molecular weight excluding hydrogens is 254 g/mol. The second-order valence-electron chi connectivity index (χ2n) is 3.90. The summed E-state index contributed by atoms with van der Waals surface area (Å²) in [6.45, 7) is 3.90. The molecule has 0 saturated carbocycles. The summed E-state index contributed by atoms with van der Waals surface area (Å²) in [5.41, 5.74) is -0.369. The Balaban J connectivity index is 2.89. The number of halogens is 2. The zero-order chi connectivity index (χ0) is 14.4. The number of benzene rings is 1. The van der Waals surface area contributed by atoms with Gasteiger partial charge in [-0.1, -0.05) is 0 Å². The van der Waals surface area contributed by atoms with Crippen LogP contribution in [0.4, 0.5) is 8.78 Å². The third kappa shape index (κ3) is 4.01. The monoisotopic (exact) mass is 270 g/mol. The third-order valence-corrected chi connectivity index (χ3v) is 2.54. The molecule has 0 radical (unpaired) electrons. The number of hydrogen-bond acceptors (Lipinski definition) is 2. The summed E-state index contributed by atoms with van der Waals surface area (Å²) < 4.78 is 26.5. The van der Waals surface area contributed by atoms with Gasteiger partial charge in [-0.05, 0) is 32.0 Å². The number of rotatable bonds is 5. The minimum Gasteiger partial charge on any atom is -0.355 e. The molecule has 0 aliphatic heterocycles. The fourth-order valence-electron chi connectivity index (χ4n) is 1.59. The first kappa shape index (κ1) is 15.1. The molecule has 4 nitrogen and oxygen atoms in total. The summed E-state index contributed by atoms with van der Waals surface area (Å²) >= 11 is 0. The van der Waals surface area contributed by atoms with E-state index < -0.39 is 17.5 Å². The lowest BCUT2D eigenvalue weighted by atomic mass is 10.1. The third-order valence-electron chi connectivity index (χ3n) is 2.54. The first-order chi connectivity index (χ1) is 8.99. The van der Waals surface area contributed by atoms with E-state index >= 15 is 0 Å². The molecule has 0 bridgehead atoms. The number of nitrogens with zero attached hydrogens (tertiary/aromatic N) is 1. The van der Waals surface area contributed by atoms with Crippen LogP contribution in [-0.2, 0) is 4.79 Å². The topological polar surface area (TPSA) is 49.4 Å². The van der Waals surface area contributed by atoms with Crippen LogP contribution >= 0.6 is 0 Å². The van der Waals surface area contributed by atoms with Gasteiger partial charge in [0.15, 0.2) is 0 Å². The summed E-state index contributed by atoms with van der Waals surface area (Å²) in [6, 6.07) is 2.66. The zero-order valence-electron chi connectivity index (χ0n) is 10.9. The first-order valence-electron chi connectivity index (χ1n) is 6.00. The van der Waals surface area contributed by atoms with Crippen LogP contribution in [0, 0.1) is 11.6 Å². The normalized spacial score (nSPS) is 10.1. The summed E-state index contributed by atoms with van der Waals surface area (Å²) in [4.78, 5) is 24.6. The molecule has 0 aromatic heterocycles. The van der Waals surface area contributed by atoms with Gasteiger partial charge >= 0.3 is 0 Å². The van der Waals surface area contributed by atoms with E-state index in [4.69, 9.17) is 0 Å². The number of hydrogen-bond donors (Lipinski definition) is 1. The molecule has 1 aromatic carbocycles. The molecule has 0 fully saturated rings. The number of nitrogens with one attached hydrogen (secondary N) is 1. The molecular formula is C13H16F2N2O2. The minimum absolute atomic E-state index is 0.181. The van der Waals surface area contributed by atoms with E-state index in [9.17, 15) is 18.4 Å². The second kappa shape index (κ2) is 6.82. The Bertz CT molecular complexity index is 478. The molecule has 1 aromatic rings. The molecule has 6 heteroatoms. The lowest BCUT2D eigenvalue weighted by Crippen LogP contribution is -2.40. The molecule has 104 valence electrons. The second-order valence-corrected chi connectivity index (χ2v) is 3.90. The molecule has 0 heterocycles. The van der Waals surface area contributed by atoms with Crippen molar-refractivity contribution in [2.45, 2.75) is 13.8 Å². The van der Waals surface area contributed by atoms with Crippen molar-refractivity contribution in [3.8, 4) is 0 Å². The van der Waals surface area contributed by atoms with Crippen molar-refractivity contribution in [3.63, 3.8) is 0 Å². The Morgan fingerprint density at radius 1 is 1.26 bits per heavy atom. The molecule has 1 rings (SSSR count). The predicted octanol–water partition coefficient (Wildman–Crippen LogP) is 1.56. The van der Waals surface area contributed by atoms with Crippen molar-refractivity contribution >= 4 is 11.8 Å². The lowest BCUT2D eigenvalue weighted by Gasteiger charge is -2.20. The summed E-state index contributed by atoms with van der Waals surface area (Å²) in [5, 5.41) is 2.54. The van der Waals surface area contributed by atoms with E-state index in [1.165, 1.54) is 0 Å². The number of carbonyl (C=O) groups is 2. The first-order valence-corrected chi connectivity index (χ1v) is 6.00. The standard InChI is InChI=1S/C13H16F2N2O2/c1-3-16-12(18)8-17(4-2)13(19)10-7-9(14)5-6-11(10)15/h5-7H,3-4,8H2,1-2H3,(H,16,18). The minimum atomic E-state index is -0.805. The van der Waals surface area contributed by atoms with Crippen molar-refractivity contribution in [1.82, 2.24) is 10.2 Å². The van der Waals surface area contributed by atoms with E-state index in [1.54, 1.807) is 13.8 Å². The number of amides is 2. The SMILES string of the molecule is CCNC(=O)CN(CC)C(=O)c1cc(F)ccc1F. The quantitative estimate of drug-likeness (QED) is 0.882. The Labute approximate surface area is 110 Å². The highest BCUT2D eigenvalue weighted by Gasteiger charge is 2.20. The Hall–Kier alpha value is -1.98. The molecule has 0 spiro atoms. The highest BCUT2D eigenvalue weighted by Crippen LogP contribution is 2.12. The Kier molecular flexibility index (Phi) is 5.41. The average Bonchev–Trinajstić information content (AvgIpc) is 2.38. The van der Waals surface area contributed by atoms with Crippen molar-refractivity contribution in [2.75, 3.05) is 19.6 Å². The summed E-state index contributed by atoms with van der Waals surface area (Å²) in [5.74, 6) is -2.54. The van der Waals surface area contributed by atoms with E-state index in [0.29, 0.717) is 6.54 Å². The summed E-state index contributed by atoms with van der Waals surface area (Å²) in [6.07, 6.45) is 0. The number of likely N-dealkylation sites (N-methyl/N-ethyl adjacent to an activating group) is 2. The van der Waals surface area contributed by atoms with E-state index in [1.807, 2.05) is 0 Å². The van der Waals surface area contributed by atoms with Crippen LogP contribution < -0.4 is 5.32 Å². The molecule has 2 amide bonds. The van der Waals surface area contributed by atoms with E-state index in [-0.39, 0.29) is 24.6 Å². The van der Waals surface area contributed by atoms with Gasteiger partial charge < -0.3 is 10.2 Å². The molecule has 1 N–H and O–H groups in total. The van der Waals surface area contributed by atoms with Crippen molar-refractivity contribution in [1.29, 1.82) is 0 Å². The highest BCUT2D eigenvalue weighted by atomic mass is 19.1. The number of carbonyl (C=O) groups excluding carboxylic acids is 2. The van der Waals surface area contributed by atoms with Crippen molar-refractivity contribution in [2.24, 2.45) is 0 Å². The maximum atomic E-state index is 13.5. The van der Waals surface area contributed by atoms with Gasteiger partial charge in [-0.25, -0.2) is 8.78 Å². The zero-order valence-corrected chi connectivity index (χ0v) is 10.9. The van der Waals surface area contributed by atoms with E-state index in [0.717, 1.165) is 23.1 Å². The Morgan fingerprint density at radius 2 is 1.95 bits per heavy atom. The fraction of sp³-hybridized carbons (Fsp3) is 0.385. The van der Waals surface area contributed by atoms with Gasteiger partial charge in [-0.3, -0.25) is 9.59 Å². The molecule has 0 aliphatic rings. The maximum Gasteiger partial charge on any atom is 0.257 e. The smallest absolute Gasteiger partial charge is 0.257 e. The lowest BCUT2D eigenvalue weighted by molar-refractivity contribution is -0.121. The van der Waals surface area contributed by atoms with Crippen LogP contribution in [0.1, 0.15) is 24.2 Å². The van der Waals surface area contributed by atoms with Crippen LogP contribution in [0.15, 0.2) is 18.2 Å². The predicted molar refractivity (Wildman–Crippen MR) is 66.6 cm³/mol. The van der Waals surface area contributed by atoms with Crippen LogP contribution in [0.5, 0.6) is 0 Å². The molecule has 0 unspecified atom stereocenters. The average molecular weight is 270 g/mol. The van der Waals surface area contributed by atoms with Crippen LogP contribution in [0.25, 0.3) is 0 Å². The van der Waals surface area contributed by atoms with Crippen LogP contribution in [0.3, 0.4) is 0 Å². The van der Waals surface area contributed by atoms with Gasteiger partial charge in [0.25, 0.3) is 5.91 Å². The fourth-order valence-corrected chi connectivity index (χ4v) is 1.59. The van der Waals surface area contributed by atoms with Gasteiger partial charge in [0.2, 0.25) is 5.91 Å². The Morgan fingerprint density at radius 3 is 2.53 bits per heavy atom. The maximum absolute atomic E-state index is 13.5.